The maximum absolute atomic E-state index is 11.9. The topological polar surface area (TPSA) is 67.4 Å². The van der Waals surface area contributed by atoms with Crippen LogP contribution in [0.4, 0.5) is 5.69 Å². The SMILES string of the molecule is COC(=O)c1sccc1NC(=O)CSC1CCNCC1. The molecule has 7 heteroatoms. The van der Waals surface area contributed by atoms with Crippen LogP contribution in [0, 0.1) is 0 Å². The van der Waals surface area contributed by atoms with Gasteiger partial charge in [-0.25, -0.2) is 4.79 Å². The minimum Gasteiger partial charge on any atom is -0.465 e. The number of anilines is 1. The van der Waals surface area contributed by atoms with Gasteiger partial charge < -0.3 is 15.4 Å². The van der Waals surface area contributed by atoms with Crippen molar-refractivity contribution in [1.29, 1.82) is 0 Å². The average molecular weight is 314 g/mol. The van der Waals surface area contributed by atoms with Crippen LogP contribution in [-0.2, 0) is 9.53 Å². The summed E-state index contributed by atoms with van der Waals surface area (Å²) in [6.07, 6.45) is 2.20. The minimum absolute atomic E-state index is 0.0721. The molecule has 0 atom stereocenters. The molecular formula is C13H18N2O3S2. The van der Waals surface area contributed by atoms with Crippen molar-refractivity contribution < 1.29 is 14.3 Å². The van der Waals surface area contributed by atoms with E-state index in [0.29, 0.717) is 21.6 Å². The molecule has 0 aromatic carbocycles. The number of nitrogens with one attached hydrogen (secondary N) is 2. The van der Waals surface area contributed by atoms with Gasteiger partial charge in [-0.3, -0.25) is 4.79 Å². The number of piperidine rings is 1. The highest BCUT2D eigenvalue weighted by Crippen LogP contribution is 2.24. The van der Waals surface area contributed by atoms with Crippen molar-refractivity contribution in [2.75, 3.05) is 31.3 Å². The molecule has 0 unspecified atom stereocenters. The highest BCUT2D eigenvalue weighted by molar-refractivity contribution is 8.00. The lowest BCUT2D eigenvalue weighted by atomic mass is 10.2. The van der Waals surface area contributed by atoms with Crippen molar-refractivity contribution in [3.8, 4) is 0 Å². The second-order valence-corrected chi connectivity index (χ2v) is 6.67. The first-order chi connectivity index (χ1) is 9.70. The average Bonchev–Trinajstić information content (AvgIpc) is 2.93. The minimum atomic E-state index is -0.415. The van der Waals surface area contributed by atoms with Crippen LogP contribution in [0.25, 0.3) is 0 Å². The summed E-state index contributed by atoms with van der Waals surface area (Å²) >= 11 is 2.95. The number of hydrogen-bond acceptors (Lipinski definition) is 6. The van der Waals surface area contributed by atoms with E-state index in [1.54, 1.807) is 23.2 Å². The maximum Gasteiger partial charge on any atom is 0.350 e. The molecule has 0 aliphatic carbocycles. The fourth-order valence-corrected chi connectivity index (χ4v) is 3.79. The largest absolute Gasteiger partial charge is 0.465 e. The summed E-state index contributed by atoms with van der Waals surface area (Å²) in [6, 6.07) is 1.73. The molecule has 110 valence electrons. The van der Waals surface area contributed by atoms with E-state index in [-0.39, 0.29) is 5.91 Å². The van der Waals surface area contributed by atoms with Crippen molar-refractivity contribution in [2.45, 2.75) is 18.1 Å². The molecule has 2 heterocycles. The van der Waals surface area contributed by atoms with Gasteiger partial charge in [-0.15, -0.1) is 23.1 Å². The molecule has 5 nitrogen and oxygen atoms in total. The van der Waals surface area contributed by atoms with Gasteiger partial charge in [0.1, 0.15) is 4.88 Å². The van der Waals surface area contributed by atoms with Gasteiger partial charge in [0.2, 0.25) is 5.91 Å². The molecule has 20 heavy (non-hydrogen) atoms. The zero-order chi connectivity index (χ0) is 14.4. The zero-order valence-corrected chi connectivity index (χ0v) is 12.9. The Morgan fingerprint density at radius 1 is 1.50 bits per heavy atom. The van der Waals surface area contributed by atoms with E-state index in [1.807, 2.05) is 0 Å². The summed E-state index contributed by atoms with van der Waals surface area (Å²) in [5.41, 5.74) is 0.540. The molecule has 0 saturated carbocycles. The Kier molecular flexibility index (Phi) is 5.87. The van der Waals surface area contributed by atoms with Gasteiger partial charge in [-0.05, 0) is 37.4 Å². The highest BCUT2D eigenvalue weighted by atomic mass is 32.2. The van der Waals surface area contributed by atoms with Gasteiger partial charge in [0.25, 0.3) is 0 Å². The van der Waals surface area contributed by atoms with Crippen LogP contribution < -0.4 is 10.6 Å². The number of amides is 1. The summed E-state index contributed by atoms with van der Waals surface area (Å²) < 4.78 is 4.68. The molecular weight excluding hydrogens is 296 g/mol. The van der Waals surface area contributed by atoms with Crippen molar-refractivity contribution in [2.24, 2.45) is 0 Å². The third-order valence-electron chi connectivity index (χ3n) is 3.05. The predicted molar refractivity (Wildman–Crippen MR) is 82.6 cm³/mol. The summed E-state index contributed by atoms with van der Waals surface area (Å²) in [5, 5.41) is 8.39. The molecule has 0 bridgehead atoms. The number of thioether (sulfide) groups is 1. The molecule has 1 aliphatic rings. The third kappa shape index (κ3) is 4.22. The molecule has 1 saturated heterocycles. The highest BCUT2D eigenvalue weighted by Gasteiger charge is 2.18. The predicted octanol–water partition coefficient (Wildman–Crippen LogP) is 1.96. The second kappa shape index (κ2) is 7.66. The lowest BCUT2D eigenvalue weighted by Crippen LogP contribution is -2.30. The van der Waals surface area contributed by atoms with Gasteiger partial charge in [-0.1, -0.05) is 0 Å². The van der Waals surface area contributed by atoms with Gasteiger partial charge in [0, 0.05) is 5.25 Å². The Balaban J connectivity index is 1.82. The van der Waals surface area contributed by atoms with E-state index < -0.39 is 5.97 Å². The van der Waals surface area contributed by atoms with Crippen LogP contribution in [0.5, 0.6) is 0 Å². The van der Waals surface area contributed by atoms with E-state index in [0.717, 1.165) is 25.9 Å². The smallest absolute Gasteiger partial charge is 0.350 e. The number of esters is 1. The number of carbonyl (C=O) groups excluding carboxylic acids is 2. The van der Waals surface area contributed by atoms with E-state index in [4.69, 9.17) is 0 Å². The van der Waals surface area contributed by atoms with E-state index in [2.05, 4.69) is 15.4 Å². The fourth-order valence-electron chi connectivity index (χ4n) is 2.00. The molecule has 1 aromatic rings. The number of ether oxygens (including phenoxy) is 1. The lowest BCUT2D eigenvalue weighted by Gasteiger charge is -2.21. The first-order valence-corrected chi connectivity index (χ1v) is 8.41. The lowest BCUT2D eigenvalue weighted by molar-refractivity contribution is -0.113. The van der Waals surface area contributed by atoms with Crippen LogP contribution in [-0.4, -0.2) is 43.1 Å². The Morgan fingerprint density at radius 2 is 2.25 bits per heavy atom. The number of methoxy groups -OCH3 is 1. The zero-order valence-electron chi connectivity index (χ0n) is 11.3. The molecule has 1 aromatic heterocycles. The number of thiophene rings is 1. The van der Waals surface area contributed by atoms with Crippen molar-refractivity contribution in [1.82, 2.24) is 5.32 Å². The fraction of sp³-hybridized carbons (Fsp3) is 0.538. The summed E-state index contributed by atoms with van der Waals surface area (Å²) in [6.45, 7) is 2.05. The van der Waals surface area contributed by atoms with E-state index >= 15 is 0 Å². The first kappa shape index (κ1) is 15.3. The Labute approximate surface area is 126 Å². The van der Waals surface area contributed by atoms with Crippen LogP contribution >= 0.6 is 23.1 Å². The van der Waals surface area contributed by atoms with E-state index in [9.17, 15) is 9.59 Å². The number of rotatable bonds is 5. The van der Waals surface area contributed by atoms with E-state index in [1.165, 1.54) is 18.4 Å². The van der Waals surface area contributed by atoms with Crippen LogP contribution in [0.15, 0.2) is 11.4 Å². The van der Waals surface area contributed by atoms with Crippen molar-refractivity contribution >= 4 is 40.7 Å². The summed E-state index contributed by atoms with van der Waals surface area (Å²) in [7, 11) is 1.33. The molecule has 1 aliphatic heterocycles. The first-order valence-electron chi connectivity index (χ1n) is 6.48. The quantitative estimate of drug-likeness (QED) is 0.813. The summed E-state index contributed by atoms with van der Waals surface area (Å²) in [4.78, 5) is 23.9. The second-order valence-electron chi connectivity index (χ2n) is 4.46. The normalized spacial score (nSPS) is 15.8. The molecule has 0 radical (unpaired) electrons. The van der Waals surface area contributed by atoms with Gasteiger partial charge in [-0.2, -0.15) is 0 Å². The van der Waals surface area contributed by atoms with Crippen LogP contribution in [0.2, 0.25) is 0 Å². The Morgan fingerprint density at radius 3 is 2.95 bits per heavy atom. The number of hydrogen-bond donors (Lipinski definition) is 2. The van der Waals surface area contributed by atoms with Crippen LogP contribution in [0.3, 0.4) is 0 Å². The maximum atomic E-state index is 11.9. The van der Waals surface area contributed by atoms with Gasteiger partial charge in [0.15, 0.2) is 0 Å². The number of carbonyl (C=O) groups is 2. The van der Waals surface area contributed by atoms with Crippen molar-refractivity contribution in [3.05, 3.63) is 16.3 Å². The molecule has 2 N–H and O–H groups in total. The van der Waals surface area contributed by atoms with Gasteiger partial charge >= 0.3 is 5.97 Å². The van der Waals surface area contributed by atoms with Crippen molar-refractivity contribution in [3.63, 3.8) is 0 Å². The third-order valence-corrected chi connectivity index (χ3v) is 5.31. The van der Waals surface area contributed by atoms with Crippen LogP contribution in [0.1, 0.15) is 22.5 Å². The Hall–Kier alpha value is -1.05. The standard InChI is InChI=1S/C13H18N2O3S2/c1-18-13(17)12-10(4-7-19-12)15-11(16)8-20-9-2-5-14-6-3-9/h4,7,9,14H,2-3,5-6,8H2,1H3,(H,15,16). The molecule has 1 fully saturated rings. The monoisotopic (exact) mass is 314 g/mol. The molecule has 2 rings (SSSR count). The van der Waals surface area contributed by atoms with Gasteiger partial charge in [0.05, 0.1) is 18.6 Å². The molecule has 0 spiro atoms. The molecule has 1 amide bonds. The Bertz CT molecular complexity index is 470. The summed E-state index contributed by atoms with van der Waals surface area (Å²) in [5.74, 6) is -0.0698.